The maximum absolute atomic E-state index is 13.3. The van der Waals surface area contributed by atoms with Crippen LogP contribution in [0.15, 0.2) is 23.1 Å². The number of nitrogens with zero attached hydrogens (tertiary/aromatic N) is 3. The van der Waals surface area contributed by atoms with Crippen molar-refractivity contribution in [3.8, 4) is 5.75 Å². The van der Waals surface area contributed by atoms with Gasteiger partial charge in [-0.1, -0.05) is 12.8 Å². The molecule has 1 aliphatic rings. The minimum atomic E-state index is -4.24. The van der Waals surface area contributed by atoms with Gasteiger partial charge in [0.1, 0.15) is 18.7 Å². The van der Waals surface area contributed by atoms with Gasteiger partial charge in [-0.05, 0) is 28.8 Å². The highest BCUT2D eigenvalue weighted by Gasteiger charge is 2.56. The summed E-state index contributed by atoms with van der Waals surface area (Å²) in [7, 11) is 0. The van der Waals surface area contributed by atoms with Crippen molar-refractivity contribution < 1.29 is 17.9 Å². The molecule has 114 valence electrons. The molecule has 0 unspecified atom stereocenters. The van der Waals surface area contributed by atoms with E-state index < -0.39 is 11.6 Å². The molecular weight excluding hydrogens is 351 g/mol. The first-order valence-corrected chi connectivity index (χ1v) is 7.39. The van der Waals surface area contributed by atoms with Gasteiger partial charge in [-0.15, -0.1) is 10.2 Å². The van der Waals surface area contributed by atoms with Gasteiger partial charge in [-0.2, -0.15) is 13.2 Å². The van der Waals surface area contributed by atoms with Gasteiger partial charge in [-0.25, -0.2) is 0 Å². The second-order valence-electron chi connectivity index (χ2n) is 5.36. The Hall–Kier alpha value is -1.31. The van der Waals surface area contributed by atoms with E-state index in [0.29, 0.717) is 28.7 Å². The Bertz CT molecular complexity index is 650. The van der Waals surface area contributed by atoms with Crippen LogP contribution in [0.1, 0.15) is 25.7 Å². The van der Waals surface area contributed by atoms with Gasteiger partial charge in [0.2, 0.25) is 0 Å². The monoisotopic (exact) mass is 363 g/mol. The summed E-state index contributed by atoms with van der Waals surface area (Å²) < 4.78 is 47.6. The molecule has 0 amide bonds. The van der Waals surface area contributed by atoms with E-state index in [9.17, 15) is 13.2 Å². The molecule has 4 nitrogen and oxygen atoms in total. The number of ether oxygens (including phenoxy) is 1. The lowest BCUT2D eigenvalue weighted by Gasteiger charge is -2.31. The largest absolute Gasteiger partial charge is 0.491 e. The van der Waals surface area contributed by atoms with Crippen LogP contribution < -0.4 is 4.74 Å². The van der Waals surface area contributed by atoms with Crippen molar-refractivity contribution in [2.45, 2.75) is 31.9 Å². The smallest absolute Gasteiger partial charge is 0.397 e. The van der Waals surface area contributed by atoms with Crippen LogP contribution in [-0.2, 0) is 0 Å². The standard InChI is InChI=1S/C13H13BrF3N3O/c14-9-6-20-8-18-19-11(20)5-10(9)21-7-12(13(15,16)17)3-1-2-4-12/h5-6,8H,1-4,7H2. The average Bonchev–Trinajstić information content (AvgIpc) is 3.03. The minimum Gasteiger partial charge on any atom is -0.491 e. The zero-order valence-electron chi connectivity index (χ0n) is 11.0. The molecule has 0 N–H and O–H groups in total. The molecule has 0 saturated heterocycles. The first-order chi connectivity index (χ1) is 9.91. The third-order valence-electron chi connectivity index (χ3n) is 4.01. The lowest BCUT2D eigenvalue weighted by molar-refractivity contribution is -0.230. The zero-order chi connectivity index (χ0) is 15.1. The molecule has 1 aliphatic carbocycles. The number of halogens is 4. The molecule has 3 rings (SSSR count). The molecule has 2 aromatic rings. The molecule has 2 aromatic heterocycles. The quantitative estimate of drug-likeness (QED) is 0.827. The van der Waals surface area contributed by atoms with E-state index in [2.05, 4.69) is 26.1 Å². The van der Waals surface area contributed by atoms with Crippen molar-refractivity contribution in [2.75, 3.05) is 6.61 Å². The number of hydrogen-bond acceptors (Lipinski definition) is 3. The molecule has 0 bridgehead atoms. The molecule has 1 fully saturated rings. The molecule has 0 aromatic carbocycles. The molecule has 0 aliphatic heterocycles. The first-order valence-electron chi connectivity index (χ1n) is 6.60. The molecule has 2 heterocycles. The minimum absolute atomic E-state index is 0.126. The van der Waals surface area contributed by atoms with Crippen molar-refractivity contribution in [3.63, 3.8) is 0 Å². The first kappa shape index (κ1) is 14.6. The maximum Gasteiger partial charge on any atom is 0.397 e. The van der Waals surface area contributed by atoms with E-state index in [-0.39, 0.29) is 19.4 Å². The summed E-state index contributed by atoms with van der Waals surface area (Å²) in [6, 6.07) is 1.58. The lowest BCUT2D eigenvalue weighted by atomic mass is 9.86. The summed E-state index contributed by atoms with van der Waals surface area (Å²) in [6.07, 6.45) is 0.371. The van der Waals surface area contributed by atoms with Crippen LogP contribution >= 0.6 is 15.9 Å². The average molecular weight is 364 g/mol. The van der Waals surface area contributed by atoms with Gasteiger partial charge in [0, 0.05) is 12.3 Å². The predicted molar refractivity (Wildman–Crippen MR) is 73.1 cm³/mol. The Morgan fingerprint density at radius 1 is 1.33 bits per heavy atom. The van der Waals surface area contributed by atoms with Crippen LogP contribution in [-0.4, -0.2) is 27.4 Å². The van der Waals surface area contributed by atoms with Gasteiger partial charge < -0.3 is 4.74 Å². The summed E-state index contributed by atoms with van der Waals surface area (Å²) in [5.74, 6) is 0.353. The molecular formula is C13H13BrF3N3O. The number of aromatic nitrogens is 3. The van der Waals surface area contributed by atoms with Crippen LogP contribution in [0.2, 0.25) is 0 Å². The fraction of sp³-hybridized carbons (Fsp3) is 0.538. The number of alkyl halides is 3. The van der Waals surface area contributed by atoms with E-state index >= 15 is 0 Å². The Balaban J connectivity index is 1.83. The molecule has 0 radical (unpaired) electrons. The Kier molecular flexibility index (Phi) is 3.59. The summed E-state index contributed by atoms with van der Waals surface area (Å²) in [5, 5.41) is 7.59. The third-order valence-corrected chi connectivity index (χ3v) is 4.61. The van der Waals surface area contributed by atoms with Crippen LogP contribution in [0.3, 0.4) is 0 Å². The Labute approximate surface area is 127 Å². The second-order valence-corrected chi connectivity index (χ2v) is 6.21. The van der Waals surface area contributed by atoms with Crippen LogP contribution in [0.4, 0.5) is 13.2 Å². The Morgan fingerprint density at radius 2 is 2.05 bits per heavy atom. The van der Waals surface area contributed by atoms with Crippen LogP contribution in [0.5, 0.6) is 5.75 Å². The van der Waals surface area contributed by atoms with Crippen molar-refractivity contribution in [1.29, 1.82) is 0 Å². The number of pyridine rings is 1. The van der Waals surface area contributed by atoms with Crippen molar-refractivity contribution in [3.05, 3.63) is 23.1 Å². The fourth-order valence-electron chi connectivity index (χ4n) is 2.71. The molecule has 1 saturated carbocycles. The van der Waals surface area contributed by atoms with Gasteiger partial charge in [-0.3, -0.25) is 4.40 Å². The van der Waals surface area contributed by atoms with Crippen molar-refractivity contribution >= 4 is 21.6 Å². The molecule has 8 heteroatoms. The van der Waals surface area contributed by atoms with Crippen molar-refractivity contribution in [1.82, 2.24) is 14.6 Å². The van der Waals surface area contributed by atoms with E-state index in [1.54, 1.807) is 16.7 Å². The topological polar surface area (TPSA) is 39.4 Å². The summed E-state index contributed by atoms with van der Waals surface area (Å²) in [4.78, 5) is 0. The van der Waals surface area contributed by atoms with Gasteiger partial charge >= 0.3 is 6.18 Å². The lowest BCUT2D eigenvalue weighted by Crippen LogP contribution is -2.40. The normalized spacial score (nSPS) is 18.3. The number of rotatable bonds is 3. The SMILES string of the molecule is FC(F)(F)C1(COc2cc3nncn3cc2Br)CCCC1. The number of fused-ring (bicyclic) bond motifs is 1. The maximum atomic E-state index is 13.3. The van der Waals surface area contributed by atoms with Crippen molar-refractivity contribution in [2.24, 2.45) is 5.41 Å². The fourth-order valence-corrected chi connectivity index (χ4v) is 3.16. The van der Waals surface area contributed by atoms with Crippen LogP contribution in [0, 0.1) is 5.41 Å². The summed E-state index contributed by atoms with van der Waals surface area (Å²) >= 11 is 3.30. The van der Waals surface area contributed by atoms with E-state index in [4.69, 9.17) is 4.74 Å². The number of hydrogen-bond donors (Lipinski definition) is 0. The van der Waals surface area contributed by atoms with E-state index in [1.807, 2.05) is 0 Å². The third kappa shape index (κ3) is 2.61. The summed E-state index contributed by atoms with van der Waals surface area (Å²) in [6.45, 7) is -0.362. The highest BCUT2D eigenvalue weighted by Crippen LogP contribution is 2.50. The van der Waals surface area contributed by atoms with Crippen LogP contribution in [0.25, 0.3) is 5.65 Å². The summed E-state index contributed by atoms with van der Waals surface area (Å²) in [5.41, 5.74) is -1.20. The molecule has 21 heavy (non-hydrogen) atoms. The van der Waals surface area contributed by atoms with E-state index in [1.165, 1.54) is 6.33 Å². The highest BCUT2D eigenvalue weighted by atomic mass is 79.9. The molecule has 0 spiro atoms. The zero-order valence-corrected chi connectivity index (χ0v) is 12.6. The van der Waals surface area contributed by atoms with E-state index in [0.717, 1.165) is 0 Å². The predicted octanol–water partition coefficient (Wildman–Crippen LogP) is 3.99. The Morgan fingerprint density at radius 3 is 2.71 bits per heavy atom. The molecule has 0 atom stereocenters. The van der Waals surface area contributed by atoms with Gasteiger partial charge in [0.25, 0.3) is 0 Å². The second kappa shape index (κ2) is 5.15. The van der Waals surface area contributed by atoms with Gasteiger partial charge in [0.05, 0.1) is 9.89 Å². The highest BCUT2D eigenvalue weighted by molar-refractivity contribution is 9.10. The van der Waals surface area contributed by atoms with Gasteiger partial charge in [0.15, 0.2) is 5.65 Å².